The number of H-pyrrole nitrogens is 1. The van der Waals surface area contributed by atoms with Gasteiger partial charge in [-0.3, -0.25) is 0 Å². The van der Waals surface area contributed by atoms with Gasteiger partial charge < -0.3 is 9.72 Å². The van der Waals surface area contributed by atoms with Crippen LogP contribution in [0.3, 0.4) is 0 Å². The molecular weight excluding hydrogens is 286 g/mol. The Morgan fingerprint density at radius 3 is 2.43 bits per heavy atom. The summed E-state index contributed by atoms with van der Waals surface area (Å²) >= 11 is 0. The Labute approximate surface area is 134 Å². The van der Waals surface area contributed by atoms with Crippen molar-refractivity contribution in [2.75, 3.05) is 7.11 Å². The lowest BCUT2D eigenvalue weighted by Gasteiger charge is -2.17. The molecule has 1 N–H and O–H groups in total. The third-order valence-electron chi connectivity index (χ3n) is 4.03. The monoisotopic (exact) mass is 301 g/mol. The van der Waals surface area contributed by atoms with Crippen molar-refractivity contribution in [3.8, 4) is 17.9 Å². The van der Waals surface area contributed by atoms with Gasteiger partial charge >= 0.3 is 0 Å². The maximum absolute atomic E-state index is 9.42. The highest BCUT2D eigenvalue weighted by Crippen LogP contribution is 2.37. The summed E-state index contributed by atoms with van der Waals surface area (Å²) in [6.07, 6.45) is 1.88. The molecule has 0 amide bonds. The van der Waals surface area contributed by atoms with Gasteiger partial charge in [-0.2, -0.15) is 10.5 Å². The highest BCUT2D eigenvalue weighted by molar-refractivity contribution is 5.85. The average Bonchev–Trinajstić information content (AvgIpc) is 3.02. The quantitative estimate of drug-likeness (QED) is 0.792. The van der Waals surface area contributed by atoms with E-state index < -0.39 is 5.92 Å². The van der Waals surface area contributed by atoms with Crippen LogP contribution in [0, 0.1) is 28.6 Å². The minimum absolute atomic E-state index is 0.313. The maximum Gasteiger partial charge on any atom is 0.144 e. The third-order valence-corrected chi connectivity index (χ3v) is 4.03. The van der Waals surface area contributed by atoms with Gasteiger partial charge in [-0.15, -0.1) is 0 Å². The summed E-state index contributed by atoms with van der Waals surface area (Å²) in [6, 6.07) is 19.7. The summed E-state index contributed by atoms with van der Waals surface area (Å²) in [5.41, 5.74) is 2.83. The number of nitriles is 2. The Morgan fingerprint density at radius 2 is 1.78 bits per heavy atom. The molecule has 0 aliphatic carbocycles. The normalized spacial score (nSPS) is 11.8. The molecular formula is C19H15N3O. The van der Waals surface area contributed by atoms with Crippen molar-refractivity contribution in [3.05, 3.63) is 65.9 Å². The van der Waals surface area contributed by atoms with E-state index in [9.17, 15) is 10.5 Å². The topological polar surface area (TPSA) is 72.6 Å². The summed E-state index contributed by atoms with van der Waals surface area (Å²) < 4.78 is 5.30. The van der Waals surface area contributed by atoms with Gasteiger partial charge in [0.1, 0.15) is 11.7 Å². The van der Waals surface area contributed by atoms with E-state index in [0.29, 0.717) is 0 Å². The number of aromatic nitrogens is 1. The maximum atomic E-state index is 9.42. The van der Waals surface area contributed by atoms with Crippen LogP contribution in [0.1, 0.15) is 17.0 Å². The molecule has 0 saturated heterocycles. The van der Waals surface area contributed by atoms with Gasteiger partial charge in [0.25, 0.3) is 0 Å². The first-order valence-corrected chi connectivity index (χ1v) is 7.27. The molecule has 0 fully saturated rings. The summed E-state index contributed by atoms with van der Waals surface area (Å²) in [5, 5.41) is 19.8. The molecule has 3 rings (SSSR count). The van der Waals surface area contributed by atoms with Crippen LogP contribution in [0.25, 0.3) is 10.9 Å². The predicted molar refractivity (Wildman–Crippen MR) is 87.9 cm³/mol. The summed E-state index contributed by atoms with van der Waals surface area (Å²) in [6.45, 7) is 0. The molecule has 0 saturated carbocycles. The van der Waals surface area contributed by atoms with Gasteiger partial charge in [0.05, 0.1) is 19.2 Å². The molecule has 4 heteroatoms. The van der Waals surface area contributed by atoms with Gasteiger partial charge in [-0.05, 0) is 29.3 Å². The van der Waals surface area contributed by atoms with Crippen molar-refractivity contribution < 1.29 is 4.74 Å². The first-order valence-electron chi connectivity index (χ1n) is 7.27. The Balaban J connectivity index is 2.22. The van der Waals surface area contributed by atoms with E-state index in [-0.39, 0.29) is 5.92 Å². The number of aromatic amines is 1. The van der Waals surface area contributed by atoms with Crippen molar-refractivity contribution >= 4 is 10.9 Å². The fourth-order valence-electron chi connectivity index (χ4n) is 2.90. The first kappa shape index (κ1) is 14.7. The molecule has 23 heavy (non-hydrogen) atoms. The van der Waals surface area contributed by atoms with E-state index in [1.165, 1.54) is 0 Å². The lowest BCUT2D eigenvalue weighted by Crippen LogP contribution is -2.11. The number of nitrogens with one attached hydrogen (secondary N) is 1. The van der Waals surface area contributed by atoms with E-state index in [0.717, 1.165) is 27.8 Å². The predicted octanol–water partition coefficient (Wildman–Crippen LogP) is 3.97. The zero-order chi connectivity index (χ0) is 16.2. The summed E-state index contributed by atoms with van der Waals surface area (Å²) in [7, 11) is 1.62. The van der Waals surface area contributed by atoms with Crippen molar-refractivity contribution in [2.24, 2.45) is 5.92 Å². The van der Waals surface area contributed by atoms with Crippen molar-refractivity contribution in [1.82, 2.24) is 4.98 Å². The molecule has 0 spiro atoms. The van der Waals surface area contributed by atoms with Crippen LogP contribution in [0.5, 0.6) is 5.75 Å². The molecule has 1 heterocycles. The molecule has 4 nitrogen and oxygen atoms in total. The van der Waals surface area contributed by atoms with Crippen LogP contribution in [0.2, 0.25) is 0 Å². The molecule has 0 bridgehead atoms. The third kappa shape index (κ3) is 2.63. The number of benzene rings is 2. The second-order valence-corrected chi connectivity index (χ2v) is 5.28. The van der Waals surface area contributed by atoms with E-state index in [4.69, 9.17) is 4.74 Å². The van der Waals surface area contributed by atoms with E-state index in [1.54, 1.807) is 7.11 Å². The molecule has 1 unspecified atom stereocenters. The molecule has 0 aliphatic heterocycles. The minimum Gasteiger partial charge on any atom is -0.497 e. The van der Waals surface area contributed by atoms with Gasteiger partial charge in [0.2, 0.25) is 0 Å². The number of hydrogen-bond donors (Lipinski definition) is 1. The lowest BCUT2D eigenvalue weighted by atomic mass is 9.82. The zero-order valence-electron chi connectivity index (χ0n) is 12.7. The second kappa shape index (κ2) is 6.25. The Bertz CT molecular complexity index is 886. The zero-order valence-corrected chi connectivity index (χ0v) is 12.7. The standard InChI is InChI=1S/C19H15N3O/c1-23-15-7-8-18-16(9-15)17(12-22-18)19(14(10-20)11-21)13-5-3-2-4-6-13/h2-9,12,14,19,22H,1H3. The number of fused-ring (bicyclic) bond motifs is 1. The van der Waals surface area contributed by atoms with Gasteiger partial charge in [-0.1, -0.05) is 30.3 Å². The van der Waals surface area contributed by atoms with Crippen LogP contribution < -0.4 is 4.74 Å². The fourth-order valence-corrected chi connectivity index (χ4v) is 2.90. The van der Waals surface area contributed by atoms with E-state index in [1.807, 2.05) is 54.7 Å². The molecule has 3 aromatic rings. The smallest absolute Gasteiger partial charge is 0.144 e. The number of ether oxygens (including phenoxy) is 1. The lowest BCUT2D eigenvalue weighted by molar-refractivity contribution is 0.415. The molecule has 112 valence electrons. The van der Waals surface area contributed by atoms with Gasteiger partial charge in [-0.25, -0.2) is 0 Å². The van der Waals surface area contributed by atoms with Crippen LogP contribution >= 0.6 is 0 Å². The van der Waals surface area contributed by atoms with Crippen LogP contribution in [0.15, 0.2) is 54.7 Å². The highest BCUT2D eigenvalue weighted by Gasteiger charge is 2.27. The molecule has 2 aromatic carbocycles. The SMILES string of the molecule is COc1ccc2[nH]cc(C(c3ccccc3)C(C#N)C#N)c2c1. The molecule has 1 atom stereocenters. The number of hydrogen-bond acceptors (Lipinski definition) is 3. The molecule has 0 radical (unpaired) electrons. The van der Waals surface area contributed by atoms with Crippen molar-refractivity contribution in [1.29, 1.82) is 10.5 Å². The fraction of sp³-hybridized carbons (Fsp3) is 0.158. The van der Waals surface area contributed by atoms with Crippen LogP contribution in [-0.2, 0) is 0 Å². The molecule has 1 aromatic heterocycles. The number of nitrogens with zero attached hydrogens (tertiary/aromatic N) is 2. The Kier molecular flexibility index (Phi) is 3.99. The van der Waals surface area contributed by atoms with Crippen LogP contribution in [0.4, 0.5) is 0 Å². The highest BCUT2D eigenvalue weighted by atomic mass is 16.5. The van der Waals surface area contributed by atoms with Gasteiger partial charge in [0, 0.05) is 23.0 Å². The van der Waals surface area contributed by atoms with Crippen LogP contribution in [-0.4, -0.2) is 12.1 Å². The average molecular weight is 301 g/mol. The Hall–Kier alpha value is -3.24. The van der Waals surface area contributed by atoms with E-state index >= 15 is 0 Å². The van der Waals surface area contributed by atoms with E-state index in [2.05, 4.69) is 17.1 Å². The largest absolute Gasteiger partial charge is 0.497 e. The summed E-state index contributed by atoms with van der Waals surface area (Å²) in [5.74, 6) is -0.328. The Morgan fingerprint density at radius 1 is 1.04 bits per heavy atom. The number of methoxy groups -OCH3 is 1. The first-order chi connectivity index (χ1) is 11.3. The minimum atomic E-state index is -0.761. The molecule has 0 aliphatic rings. The second-order valence-electron chi connectivity index (χ2n) is 5.28. The van der Waals surface area contributed by atoms with Crippen molar-refractivity contribution in [2.45, 2.75) is 5.92 Å². The number of rotatable bonds is 4. The van der Waals surface area contributed by atoms with Gasteiger partial charge in [0.15, 0.2) is 0 Å². The van der Waals surface area contributed by atoms with Crippen molar-refractivity contribution in [3.63, 3.8) is 0 Å². The summed E-state index contributed by atoms with van der Waals surface area (Å²) in [4.78, 5) is 3.22.